The summed E-state index contributed by atoms with van der Waals surface area (Å²) in [6, 6.07) is 16.3. The van der Waals surface area contributed by atoms with Crippen LogP contribution in [0.5, 0.6) is 11.5 Å². The summed E-state index contributed by atoms with van der Waals surface area (Å²) >= 11 is 0. The Labute approximate surface area is 124 Å². The average molecular weight is 286 g/mol. The van der Waals surface area contributed by atoms with E-state index in [4.69, 9.17) is 14.2 Å². The summed E-state index contributed by atoms with van der Waals surface area (Å²) in [5.74, 6) is 1.13. The first-order valence-corrected chi connectivity index (χ1v) is 6.87. The molecule has 0 atom stereocenters. The van der Waals surface area contributed by atoms with Gasteiger partial charge < -0.3 is 14.2 Å². The van der Waals surface area contributed by atoms with E-state index in [0.717, 1.165) is 11.5 Å². The highest BCUT2D eigenvalue weighted by atomic mass is 16.6. The maximum absolute atomic E-state index is 11.8. The summed E-state index contributed by atoms with van der Waals surface area (Å²) in [4.78, 5) is 11.8. The molecule has 0 aliphatic heterocycles. The van der Waals surface area contributed by atoms with Gasteiger partial charge in [-0.05, 0) is 43.3 Å². The molecule has 0 heterocycles. The smallest absolute Gasteiger partial charge is 0.338 e. The molecule has 2 rings (SSSR count). The van der Waals surface area contributed by atoms with Crippen LogP contribution in [0.15, 0.2) is 54.6 Å². The number of ether oxygens (including phenoxy) is 3. The summed E-state index contributed by atoms with van der Waals surface area (Å²) in [6.45, 7) is 3.04. The third kappa shape index (κ3) is 4.84. The van der Waals surface area contributed by atoms with Gasteiger partial charge in [0.05, 0.1) is 12.2 Å². The number of para-hydroxylation sites is 1. The zero-order chi connectivity index (χ0) is 14.9. The van der Waals surface area contributed by atoms with E-state index >= 15 is 0 Å². The Kier molecular flexibility index (Phi) is 5.64. The van der Waals surface area contributed by atoms with Crippen molar-refractivity contribution in [3.63, 3.8) is 0 Å². The van der Waals surface area contributed by atoms with Crippen molar-refractivity contribution in [2.24, 2.45) is 0 Å². The third-order valence-electron chi connectivity index (χ3n) is 2.73. The van der Waals surface area contributed by atoms with Gasteiger partial charge in [0, 0.05) is 0 Å². The van der Waals surface area contributed by atoms with E-state index < -0.39 is 0 Å². The summed E-state index contributed by atoms with van der Waals surface area (Å²) < 4.78 is 15.9. The average Bonchev–Trinajstić information content (AvgIpc) is 2.53. The quantitative estimate of drug-likeness (QED) is 0.578. The molecule has 4 heteroatoms. The van der Waals surface area contributed by atoms with Gasteiger partial charge in [-0.15, -0.1) is 0 Å². The van der Waals surface area contributed by atoms with Crippen molar-refractivity contribution in [1.29, 1.82) is 0 Å². The lowest BCUT2D eigenvalue weighted by Gasteiger charge is -2.08. The van der Waals surface area contributed by atoms with Gasteiger partial charge >= 0.3 is 5.97 Å². The van der Waals surface area contributed by atoms with Crippen molar-refractivity contribution >= 4 is 5.97 Å². The fourth-order valence-electron chi connectivity index (χ4n) is 1.75. The number of benzene rings is 2. The van der Waals surface area contributed by atoms with E-state index in [2.05, 4.69) is 0 Å². The molecule has 0 radical (unpaired) electrons. The van der Waals surface area contributed by atoms with Crippen LogP contribution >= 0.6 is 0 Å². The Morgan fingerprint density at radius 2 is 1.52 bits per heavy atom. The Bertz CT molecular complexity index is 549. The number of carbonyl (C=O) groups is 1. The van der Waals surface area contributed by atoms with Gasteiger partial charge in [0.15, 0.2) is 0 Å². The van der Waals surface area contributed by atoms with E-state index in [-0.39, 0.29) is 12.6 Å². The van der Waals surface area contributed by atoms with Crippen LogP contribution in [0.3, 0.4) is 0 Å². The van der Waals surface area contributed by atoms with Crippen molar-refractivity contribution in [2.75, 3.05) is 19.8 Å². The molecule has 0 aliphatic carbocycles. The first-order chi connectivity index (χ1) is 10.3. The first-order valence-electron chi connectivity index (χ1n) is 6.87. The second-order valence-corrected chi connectivity index (χ2v) is 4.25. The van der Waals surface area contributed by atoms with Crippen LogP contribution in [-0.2, 0) is 4.74 Å². The molecule has 0 amide bonds. The van der Waals surface area contributed by atoms with Gasteiger partial charge in [0.1, 0.15) is 24.7 Å². The molecule has 21 heavy (non-hydrogen) atoms. The molecular formula is C17H18O4. The molecule has 0 saturated heterocycles. The Balaban J connectivity index is 1.74. The number of hydrogen-bond donors (Lipinski definition) is 0. The molecule has 2 aromatic carbocycles. The topological polar surface area (TPSA) is 44.8 Å². The van der Waals surface area contributed by atoms with Crippen LogP contribution in [0.2, 0.25) is 0 Å². The third-order valence-corrected chi connectivity index (χ3v) is 2.73. The molecule has 0 fully saturated rings. The highest BCUT2D eigenvalue weighted by Gasteiger charge is 2.07. The Hall–Kier alpha value is -2.49. The van der Waals surface area contributed by atoms with Gasteiger partial charge in [0.2, 0.25) is 0 Å². The van der Waals surface area contributed by atoms with Crippen LogP contribution in [0, 0.1) is 0 Å². The van der Waals surface area contributed by atoms with E-state index in [1.165, 1.54) is 0 Å². The maximum Gasteiger partial charge on any atom is 0.338 e. The van der Waals surface area contributed by atoms with Gasteiger partial charge in [0.25, 0.3) is 0 Å². The lowest BCUT2D eigenvalue weighted by molar-refractivity contribution is 0.0450. The van der Waals surface area contributed by atoms with Crippen LogP contribution in [-0.4, -0.2) is 25.8 Å². The number of hydrogen-bond acceptors (Lipinski definition) is 4. The standard InChI is InChI=1S/C17H18O4/c1-2-19-16-10-8-14(9-11-16)17(18)21-13-12-20-15-6-4-3-5-7-15/h3-11H,2,12-13H2,1H3. The summed E-state index contributed by atoms with van der Waals surface area (Å²) in [6.07, 6.45) is 0. The van der Waals surface area contributed by atoms with Crippen molar-refractivity contribution in [3.8, 4) is 11.5 Å². The van der Waals surface area contributed by atoms with E-state index in [9.17, 15) is 4.79 Å². The normalized spacial score (nSPS) is 9.95. The highest BCUT2D eigenvalue weighted by molar-refractivity contribution is 5.89. The predicted molar refractivity (Wildman–Crippen MR) is 79.8 cm³/mol. The second-order valence-electron chi connectivity index (χ2n) is 4.25. The monoisotopic (exact) mass is 286 g/mol. The summed E-state index contributed by atoms with van der Waals surface area (Å²) in [5.41, 5.74) is 0.498. The van der Waals surface area contributed by atoms with Crippen LogP contribution in [0.25, 0.3) is 0 Å². The van der Waals surface area contributed by atoms with E-state index in [0.29, 0.717) is 18.8 Å². The van der Waals surface area contributed by atoms with Gasteiger partial charge in [-0.3, -0.25) is 0 Å². The van der Waals surface area contributed by atoms with Crippen molar-refractivity contribution in [1.82, 2.24) is 0 Å². The lowest BCUT2D eigenvalue weighted by atomic mass is 10.2. The van der Waals surface area contributed by atoms with Gasteiger partial charge in [-0.25, -0.2) is 4.79 Å². The zero-order valence-electron chi connectivity index (χ0n) is 12.0. The van der Waals surface area contributed by atoms with Gasteiger partial charge in [-0.2, -0.15) is 0 Å². The molecule has 0 aromatic heterocycles. The zero-order valence-corrected chi connectivity index (χ0v) is 12.0. The molecule has 110 valence electrons. The van der Waals surface area contributed by atoms with Crippen molar-refractivity contribution < 1.29 is 19.0 Å². The highest BCUT2D eigenvalue weighted by Crippen LogP contribution is 2.13. The van der Waals surface area contributed by atoms with Crippen LogP contribution < -0.4 is 9.47 Å². The summed E-state index contributed by atoms with van der Waals surface area (Å²) in [5, 5.41) is 0. The largest absolute Gasteiger partial charge is 0.494 e. The maximum atomic E-state index is 11.8. The minimum absolute atomic E-state index is 0.209. The number of rotatable bonds is 7. The fourth-order valence-corrected chi connectivity index (χ4v) is 1.75. The van der Waals surface area contributed by atoms with E-state index in [1.807, 2.05) is 37.3 Å². The van der Waals surface area contributed by atoms with Crippen molar-refractivity contribution in [3.05, 3.63) is 60.2 Å². The number of carbonyl (C=O) groups excluding carboxylic acids is 1. The van der Waals surface area contributed by atoms with Crippen LogP contribution in [0.1, 0.15) is 17.3 Å². The number of esters is 1. The van der Waals surface area contributed by atoms with Gasteiger partial charge in [-0.1, -0.05) is 18.2 Å². The first kappa shape index (κ1) is 14.9. The minimum atomic E-state index is -0.366. The molecule has 0 bridgehead atoms. The minimum Gasteiger partial charge on any atom is -0.494 e. The SMILES string of the molecule is CCOc1ccc(C(=O)OCCOc2ccccc2)cc1. The molecule has 2 aromatic rings. The molecule has 0 aliphatic rings. The molecule has 4 nitrogen and oxygen atoms in total. The second kappa shape index (κ2) is 7.94. The van der Waals surface area contributed by atoms with Crippen LogP contribution in [0.4, 0.5) is 0 Å². The lowest BCUT2D eigenvalue weighted by Crippen LogP contribution is -2.12. The molecular weight excluding hydrogens is 268 g/mol. The predicted octanol–water partition coefficient (Wildman–Crippen LogP) is 3.32. The van der Waals surface area contributed by atoms with E-state index in [1.54, 1.807) is 24.3 Å². The van der Waals surface area contributed by atoms with Crippen molar-refractivity contribution in [2.45, 2.75) is 6.92 Å². The Morgan fingerprint density at radius 3 is 2.19 bits per heavy atom. The molecule has 0 spiro atoms. The summed E-state index contributed by atoms with van der Waals surface area (Å²) in [7, 11) is 0. The molecule has 0 saturated carbocycles. The fraction of sp³-hybridized carbons (Fsp3) is 0.235. The molecule has 0 N–H and O–H groups in total. The Morgan fingerprint density at radius 1 is 0.857 bits per heavy atom. The molecule has 0 unspecified atom stereocenters.